The zero-order chi connectivity index (χ0) is 24.8. The van der Waals surface area contributed by atoms with Gasteiger partial charge in [-0.15, -0.1) is 0 Å². The van der Waals surface area contributed by atoms with E-state index >= 15 is 0 Å². The predicted molar refractivity (Wildman–Crippen MR) is 150 cm³/mol. The van der Waals surface area contributed by atoms with Gasteiger partial charge >= 0.3 is 0 Å². The SMILES string of the molecule is CC(C)(C)[C@H](c1ccc2ccccc2c1)N1C=CN([C@@H](c2ccc3ccccc3c2)C(C)(C)C)C1. The molecule has 0 saturated carbocycles. The van der Waals surface area contributed by atoms with E-state index in [9.17, 15) is 0 Å². The minimum atomic E-state index is 0.0863. The Labute approximate surface area is 210 Å². The summed E-state index contributed by atoms with van der Waals surface area (Å²) in [5, 5.41) is 5.21. The fourth-order valence-electron chi connectivity index (χ4n) is 5.92. The lowest BCUT2D eigenvalue weighted by Crippen LogP contribution is -2.39. The molecule has 2 nitrogen and oxygen atoms in total. The molecule has 0 fully saturated rings. The van der Waals surface area contributed by atoms with Gasteiger partial charge in [-0.1, -0.05) is 114 Å². The van der Waals surface area contributed by atoms with Crippen molar-refractivity contribution < 1.29 is 0 Å². The van der Waals surface area contributed by atoms with E-state index in [-0.39, 0.29) is 22.9 Å². The zero-order valence-electron chi connectivity index (χ0n) is 22.0. The summed E-state index contributed by atoms with van der Waals surface area (Å²) in [6, 6.07) is 31.8. The highest BCUT2D eigenvalue weighted by Crippen LogP contribution is 2.45. The summed E-state index contributed by atoms with van der Waals surface area (Å²) in [6.45, 7) is 15.0. The van der Waals surface area contributed by atoms with Crippen molar-refractivity contribution in [2.24, 2.45) is 10.8 Å². The maximum atomic E-state index is 2.53. The van der Waals surface area contributed by atoms with Crippen molar-refractivity contribution in [1.29, 1.82) is 0 Å². The quantitative estimate of drug-likeness (QED) is 0.299. The van der Waals surface area contributed by atoms with Crippen molar-refractivity contribution in [3.8, 4) is 0 Å². The van der Waals surface area contributed by atoms with Crippen LogP contribution in [0, 0.1) is 10.8 Å². The van der Waals surface area contributed by atoms with Crippen LogP contribution in [0.15, 0.2) is 97.3 Å². The molecule has 1 heterocycles. The molecule has 2 heteroatoms. The van der Waals surface area contributed by atoms with Gasteiger partial charge in [-0.3, -0.25) is 0 Å². The molecule has 1 aliphatic heterocycles. The summed E-state index contributed by atoms with van der Waals surface area (Å²) in [6.07, 6.45) is 4.62. The van der Waals surface area contributed by atoms with Crippen LogP contribution in [0.3, 0.4) is 0 Å². The Hall–Kier alpha value is -3.26. The highest BCUT2D eigenvalue weighted by atomic mass is 15.4. The van der Waals surface area contributed by atoms with Gasteiger partial charge in [-0.05, 0) is 55.6 Å². The van der Waals surface area contributed by atoms with Gasteiger partial charge in [0, 0.05) is 12.4 Å². The number of fused-ring (bicyclic) bond motifs is 2. The molecule has 0 bridgehead atoms. The topological polar surface area (TPSA) is 6.48 Å². The van der Waals surface area contributed by atoms with Gasteiger partial charge < -0.3 is 9.80 Å². The Bertz CT molecular complexity index is 1260. The lowest BCUT2D eigenvalue weighted by atomic mass is 9.80. The van der Waals surface area contributed by atoms with Crippen molar-refractivity contribution in [3.05, 3.63) is 108 Å². The molecule has 0 aromatic heterocycles. The van der Waals surface area contributed by atoms with Crippen LogP contribution in [0.4, 0.5) is 0 Å². The van der Waals surface area contributed by atoms with Crippen molar-refractivity contribution in [2.45, 2.75) is 53.6 Å². The smallest absolute Gasteiger partial charge is 0.0906 e. The maximum Gasteiger partial charge on any atom is 0.0906 e. The van der Waals surface area contributed by atoms with Crippen LogP contribution in [0.25, 0.3) is 21.5 Å². The van der Waals surface area contributed by atoms with Crippen molar-refractivity contribution in [3.63, 3.8) is 0 Å². The van der Waals surface area contributed by atoms with E-state index in [1.165, 1.54) is 32.7 Å². The molecule has 0 unspecified atom stereocenters. The Balaban J connectivity index is 1.48. The fourth-order valence-corrected chi connectivity index (χ4v) is 5.92. The molecule has 0 amide bonds. The third-order valence-corrected chi connectivity index (χ3v) is 7.26. The zero-order valence-corrected chi connectivity index (χ0v) is 22.0. The Morgan fingerprint density at radius 2 is 0.886 bits per heavy atom. The highest BCUT2D eigenvalue weighted by Gasteiger charge is 2.37. The Kier molecular flexibility index (Phi) is 5.87. The molecular formula is C33H38N2. The van der Waals surface area contributed by atoms with Crippen molar-refractivity contribution in [1.82, 2.24) is 9.80 Å². The van der Waals surface area contributed by atoms with Crippen LogP contribution in [0.1, 0.15) is 64.8 Å². The summed E-state index contributed by atoms with van der Waals surface area (Å²) in [7, 11) is 0. The number of hydrogen-bond acceptors (Lipinski definition) is 2. The van der Waals surface area contributed by atoms with Gasteiger partial charge in [0.1, 0.15) is 0 Å². The first-order chi connectivity index (χ1) is 16.6. The van der Waals surface area contributed by atoms with E-state index in [0.29, 0.717) is 0 Å². The Morgan fingerprint density at radius 3 is 1.26 bits per heavy atom. The van der Waals surface area contributed by atoms with Gasteiger partial charge in [-0.2, -0.15) is 0 Å². The van der Waals surface area contributed by atoms with E-state index in [1.807, 2.05) is 0 Å². The summed E-state index contributed by atoms with van der Waals surface area (Å²) >= 11 is 0. The first-order valence-corrected chi connectivity index (χ1v) is 12.8. The van der Waals surface area contributed by atoms with Gasteiger partial charge in [0.05, 0.1) is 18.8 Å². The summed E-state index contributed by atoms with van der Waals surface area (Å²) < 4.78 is 0. The molecule has 0 N–H and O–H groups in total. The molecule has 0 radical (unpaired) electrons. The van der Waals surface area contributed by atoms with Gasteiger partial charge in [0.15, 0.2) is 0 Å². The molecule has 0 saturated heterocycles. The van der Waals surface area contributed by atoms with E-state index in [4.69, 9.17) is 0 Å². The molecule has 180 valence electrons. The molecule has 4 aromatic rings. The molecule has 4 aromatic carbocycles. The first kappa shape index (κ1) is 23.5. The van der Waals surface area contributed by atoms with Crippen LogP contribution < -0.4 is 0 Å². The average Bonchev–Trinajstić information content (AvgIpc) is 3.25. The monoisotopic (exact) mass is 462 g/mol. The minimum Gasteiger partial charge on any atom is -0.351 e. The van der Waals surface area contributed by atoms with Crippen LogP contribution in [0.2, 0.25) is 0 Å². The lowest BCUT2D eigenvalue weighted by Gasteiger charge is -2.43. The van der Waals surface area contributed by atoms with Crippen molar-refractivity contribution >= 4 is 21.5 Å². The molecule has 1 aliphatic rings. The van der Waals surface area contributed by atoms with E-state index < -0.39 is 0 Å². The van der Waals surface area contributed by atoms with Gasteiger partial charge in [0.25, 0.3) is 0 Å². The second-order valence-corrected chi connectivity index (χ2v) is 12.2. The second kappa shape index (κ2) is 8.75. The summed E-state index contributed by atoms with van der Waals surface area (Å²) in [5.74, 6) is 0. The minimum absolute atomic E-state index is 0.0863. The standard InChI is InChI=1S/C33H38N2/c1-32(2,3)30(28-17-15-24-11-7-9-13-26(24)21-28)34-19-20-35(23-34)31(33(4,5)6)29-18-16-25-12-8-10-14-27(25)22-29/h7-22,30-31H,23H2,1-6H3/t30-,31-/m0/s1. The molecule has 5 rings (SSSR count). The number of benzene rings is 4. The fraction of sp³-hybridized carbons (Fsp3) is 0.333. The largest absolute Gasteiger partial charge is 0.351 e. The average molecular weight is 463 g/mol. The third-order valence-electron chi connectivity index (χ3n) is 7.26. The van der Waals surface area contributed by atoms with Crippen LogP contribution in [-0.4, -0.2) is 16.5 Å². The molecular weight excluding hydrogens is 424 g/mol. The maximum absolute atomic E-state index is 2.53. The highest BCUT2D eigenvalue weighted by molar-refractivity contribution is 5.84. The third kappa shape index (κ3) is 4.67. The van der Waals surface area contributed by atoms with Crippen LogP contribution in [-0.2, 0) is 0 Å². The number of hydrogen-bond donors (Lipinski definition) is 0. The molecule has 0 spiro atoms. The van der Waals surface area contributed by atoms with E-state index in [0.717, 1.165) is 6.67 Å². The summed E-state index contributed by atoms with van der Waals surface area (Å²) in [5.41, 5.74) is 2.92. The van der Waals surface area contributed by atoms with E-state index in [1.54, 1.807) is 0 Å². The molecule has 35 heavy (non-hydrogen) atoms. The summed E-state index contributed by atoms with van der Waals surface area (Å²) in [4.78, 5) is 5.06. The first-order valence-electron chi connectivity index (χ1n) is 12.8. The Morgan fingerprint density at radius 1 is 0.514 bits per heavy atom. The molecule has 0 aliphatic carbocycles. The van der Waals surface area contributed by atoms with Crippen molar-refractivity contribution in [2.75, 3.05) is 6.67 Å². The van der Waals surface area contributed by atoms with Crippen LogP contribution >= 0.6 is 0 Å². The second-order valence-electron chi connectivity index (χ2n) is 12.2. The predicted octanol–water partition coefficient (Wildman–Crippen LogP) is 8.91. The lowest BCUT2D eigenvalue weighted by molar-refractivity contribution is 0.0751. The normalized spacial score (nSPS) is 16.3. The number of rotatable bonds is 4. The molecule has 2 atom stereocenters. The van der Waals surface area contributed by atoms with Gasteiger partial charge in [-0.25, -0.2) is 0 Å². The number of nitrogens with zero attached hydrogens (tertiary/aromatic N) is 2. The van der Waals surface area contributed by atoms with Gasteiger partial charge in [0.2, 0.25) is 0 Å². The van der Waals surface area contributed by atoms with Crippen LogP contribution in [0.5, 0.6) is 0 Å². The van der Waals surface area contributed by atoms with E-state index in [2.05, 4.69) is 149 Å².